The molecule has 3 atom stereocenters. The summed E-state index contributed by atoms with van der Waals surface area (Å²) in [6.45, 7) is 3.33. The number of nitrogens with one attached hydrogen (secondary N) is 1. The number of aromatic nitrogens is 1. The van der Waals surface area contributed by atoms with Gasteiger partial charge in [-0.3, -0.25) is 10.1 Å². The highest BCUT2D eigenvalue weighted by Gasteiger charge is 2.47. The van der Waals surface area contributed by atoms with Gasteiger partial charge in [-0.15, -0.1) is 0 Å². The number of likely N-dealkylation sites (tertiary alicyclic amines) is 1. The van der Waals surface area contributed by atoms with Crippen LogP contribution in [0.25, 0.3) is 0 Å². The highest BCUT2D eigenvalue weighted by Crippen LogP contribution is 2.45. The van der Waals surface area contributed by atoms with Crippen LogP contribution in [0.3, 0.4) is 0 Å². The van der Waals surface area contributed by atoms with Gasteiger partial charge < -0.3 is 14.5 Å². The van der Waals surface area contributed by atoms with E-state index in [0.29, 0.717) is 37.4 Å². The number of hydrogen-bond acceptors (Lipinski definition) is 6. The van der Waals surface area contributed by atoms with Crippen molar-refractivity contribution in [2.45, 2.75) is 50.2 Å². The van der Waals surface area contributed by atoms with Crippen LogP contribution in [0.5, 0.6) is 5.75 Å². The van der Waals surface area contributed by atoms with Crippen molar-refractivity contribution in [1.29, 1.82) is 5.26 Å². The normalized spacial score (nSPS) is 24.6. The Morgan fingerprint density at radius 3 is 2.69 bits per heavy atom. The number of methoxy groups -OCH3 is 1. The van der Waals surface area contributed by atoms with Gasteiger partial charge in [0.05, 0.1) is 25.3 Å². The number of carbonyl (C=O) groups excluding carboxylic acids is 1. The first kappa shape index (κ1) is 23.5. The first-order chi connectivity index (χ1) is 16.9. The molecule has 1 aromatic carbocycles. The van der Waals surface area contributed by atoms with Crippen molar-refractivity contribution in [3.05, 3.63) is 53.2 Å². The lowest BCUT2D eigenvalue weighted by molar-refractivity contribution is -0.132. The number of pyridine rings is 1. The quantitative estimate of drug-likeness (QED) is 0.682. The zero-order chi connectivity index (χ0) is 24.7. The molecule has 7 nitrogen and oxygen atoms in total. The van der Waals surface area contributed by atoms with Gasteiger partial charge in [-0.1, -0.05) is 6.92 Å². The molecule has 0 spiro atoms. The molecule has 3 aliphatic rings. The summed E-state index contributed by atoms with van der Waals surface area (Å²) < 4.78 is 34.8. The molecule has 35 heavy (non-hydrogen) atoms. The predicted molar refractivity (Wildman–Crippen MR) is 126 cm³/mol. The Balaban J connectivity index is 1.29. The number of nitriles is 1. The number of anilines is 1. The van der Waals surface area contributed by atoms with E-state index in [9.17, 15) is 9.18 Å². The van der Waals surface area contributed by atoms with Gasteiger partial charge in [-0.25, -0.2) is 13.8 Å². The molecule has 2 bridgehead atoms. The molecule has 1 aromatic heterocycles. The SMILES string of the molecule is COc1ccc(F)c(C2(NCC(=O)N3CC4C[C@@H](C)C(C3)N4c3ccc(C#N)cn3)CCC2)c1F. The minimum Gasteiger partial charge on any atom is -0.494 e. The number of ether oxygens (including phenoxy) is 1. The first-order valence-corrected chi connectivity index (χ1v) is 12.1. The fourth-order valence-electron chi connectivity index (χ4n) is 5.93. The number of rotatable bonds is 6. The number of amides is 1. The number of carbonyl (C=O) groups is 1. The second kappa shape index (κ2) is 9.08. The van der Waals surface area contributed by atoms with Gasteiger partial charge in [-0.05, 0) is 55.9 Å². The van der Waals surface area contributed by atoms with E-state index in [4.69, 9.17) is 10.00 Å². The van der Waals surface area contributed by atoms with Crippen LogP contribution in [-0.4, -0.2) is 54.6 Å². The molecule has 184 valence electrons. The van der Waals surface area contributed by atoms with E-state index in [1.807, 2.05) is 11.0 Å². The lowest BCUT2D eigenvalue weighted by Crippen LogP contribution is -2.59. The molecule has 3 fully saturated rings. The third-order valence-electron chi connectivity index (χ3n) is 7.92. The topological polar surface area (TPSA) is 81.5 Å². The maximum absolute atomic E-state index is 15.0. The summed E-state index contributed by atoms with van der Waals surface area (Å²) in [5.74, 6) is -0.191. The minimum atomic E-state index is -0.904. The molecule has 1 amide bonds. The average molecular weight is 482 g/mol. The Bertz CT molecular complexity index is 1160. The summed E-state index contributed by atoms with van der Waals surface area (Å²) >= 11 is 0. The summed E-state index contributed by atoms with van der Waals surface area (Å²) in [6.07, 6.45) is 4.47. The fourth-order valence-corrected chi connectivity index (χ4v) is 5.93. The zero-order valence-electron chi connectivity index (χ0n) is 19.9. The number of nitrogens with zero attached hydrogens (tertiary/aromatic N) is 4. The molecule has 1 aliphatic carbocycles. The van der Waals surface area contributed by atoms with Crippen LogP contribution in [0.1, 0.15) is 43.7 Å². The molecule has 2 saturated heterocycles. The maximum atomic E-state index is 15.0. The molecule has 5 rings (SSSR count). The lowest BCUT2D eigenvalue weighted by Gasteiger charge is -2.45. The molecule has 9 heteroatoms. The maximum Gasteiger partial charge on any atom is 0.236 e. The van der Waals surface area contributed by atoms with Crippen LogP contribution >= 0.6 is 0 Å². The number of hydrogen-bond donors (Lipinski definition) is 1. The lowest BCUT2D eigenvalue weighted by atomic mass is 9.71. The van der Waals surface area contributed by atoms with E-state index in [2.05, 4.69) is 28.2 Å². The molecule has 2 aliphatic heterocycles. The molecular weight excluding hydrogens is 452 g/mol. The molecule has 3 heterocycles. The largest absolute Gasteiger partial charge is 0.494 e. The number of fused-ring (bicyclic) bond motifs is 2. The first-order valence-electron chi connectivity index (χ1n) is 12.1. The third kappa shape index (κ3) is 4.00. The van der Waals surface area contributed by atoms with Crippen molar-refractivity contribution in [3.8, 4) is 11.8 Å². The van der Waals surface area contributed by atoms with Crippen LogP contribution in [0, 0.1) is 28.9 Å². The van der Waals surface area contributed by atoms with Crippen molar-refractivity contribution >= 4 is 11.7 Å². The van der Waals surface area contributed by atoms with E-state index >= 15 is 4.39 Å². The summed E-state index contributed by atoms with van der Waals surface area (Å²) in [5.41, 5.74) is -0.428. The Hall–Kier alpha value is -3.25. The van der Waals surface area contributed by atoms with Gasteiger partial charge in [0.1, 0.15) is 17.7 Å². The molecule has 1 N–H and O–H groups in total. The van der Waals surface area contributed by atoms with Crippen LogP contribution in [0.4, 0.5) is 14.6 Å². The van der Waals surface area contributed by atoms with E-state index in [-0.39, 0.29) is 35.8 Å². The van der Waals surface area contributed by atoms with Gasteiger partial charge in [0.25, 0.3) is 0 Å². The Kier molecular flexibility index (Phi) is 6.09. The second-order valence-electron chi connectivity index (χ2n) is 9.88. The summed E-state index contributed by atoms with van der Waals surface area (Å²) in [5, 5.41) is 12.3. The molecular formula is C26H29F2N5O2. The van der Waals surface area contributed by atoms with Crippen molar-refractivity contribution in [2.75, 3.05) is 31.6 Å². The van der Waals surface area contributed by atoms with Crippen molar-refractivity contribution in [2.24, 2.45) is 5.92 Å². The highest BCUT2D eigenvalue weighted by molar-refractivity contribution is 5.79. The summed E-state index contributed by atoms with van der Waals surface area (Å²) in [4.78, 5) is 21.9. The minimum absolute atomic E-state index is 0.00102. The summed E-state index contributed by atoms with van der Waals surface area (Å²) in [7, 11) is 1.35. The second-order valence-corrected chi connectivity index (χ2v) is 9.88. The van der Waals surface area contributed by atoms with Gasteiger partial charge in [0, 0.05) is 36.4 Å². The number of benzene rings is 1. The van der Waals surface area contributed by atoms with Gasteiger partial charge in [-0.2, -0.15) is 5.26 Å². The number of halogens is 2. The Labute approximate surface area is 203 Å². The van der Waals surface area contributed by atoms with Crippen LogP contribution in [0.2, 0.25) is 0 Å². The average Bonchev–Trinajstić information content (AvgIpc) is 3.03. The van der Waals surface area contributed by atoms with Gasteiger partial charge in [0.15, 0.2) is 11.6 Å². The van der Waals surface area contributed by atoms with E-state index in [1.165, 1.54) is 19.2 Å². The van der Waals surface area contributed by atoms with Gasteiger partial charge >= 0.3 is 0 Å². The van der Waals surface area contributed by atoms with E-state index in [1.54, 1.807) is 12.3 Å². The van der Waals surface area contributed by atoms with Crippen molar-refractivity contribution < 1.29 is 18.3 Å². The van der Waals surface area contributed by atoms with E-state index in [0.717, 1.165) is 18.7 Å². The smallest absolute Gasteiger partial charge is 0.236 e. The van der Waals surface area contributed by atoms with E-state index < -0.39 is 17.2 Å². The molecule has 2 unspecified atom stereocenters. The zero-order valence-corrected chi connectivity index (χ0v) is 19.9. The predicted octanol–water partition coefficient (Wildman–Crippen LogP) is 3.33. The Morgan fingerprint density at radius 1 is 1.29 bits per heavy atom. The van der Waals surface area contributed by atoms with Crippen LogP contribution < -0.4 is 15.0 Å². The van der Waals surface area contributed by atoms with Crippen LogP contribution in [-0.2, 0) is 10.3 Å². The highest BCUT2D eigenvalue weighted by atomic mass is 19.1. The Morgan fingerprint density at radius 2 is 2.09 bits per heavy atom. The fraction of sp³-hybridized carbons (Fsp3) is 0.500. The van der Waals surface area contributed by atoms with Crippen LogP contribution in [0.15, 0.2) is 30.5 Å². The molecule has 0 radical (unpaired) electrons. The standard InChI is InChI=1S/C26H29F2N5O2/c1-16-10-18-14-32(15-20(16)33(18)22-7-4-17(11-29)12-30-22)23(34)13-31-26(8-3-9-26)24-19(27)5-6-21(35-2)25(24)28/h4-7,12,16,18,20,31H,3,8-10,13-15H2,1-2H3/t16-,18?,20?/m1/s1. The monoisotopic (exact) mass is 481 g/mol. The molecule has 2 aromatic rings. The van der Waals surface area contributed by atoms with Crippen molar-refractivity contribution in [1.82, 2.24) is 15.2 Å². The third-order valence-corrected chi connectivity index (χ3v) is 7.92. The van der Waals surface area contributed by atoms with Crippen molar-refractivity contribution in [3.63, 3.8) is 0 Å². The number of piperazine rings is 1. The summed E-state index contributed by atoms with van der Waals surface area (Å²) in [6, 6.07) is 8.49. The molecule has 1 saturated carbocycles. The van der Waals surface area contributed by atoms with Gasteiger partial charge in [0.2, 0.25) is 5.91 Å².